The molecular weight excluding hydrogens is 166 g/mol. The van der Waals surface area contributed by atoms with E-state index in [-0.39, 0.29) is 6.04 Å². The van der Waals surface area contributed by atoms with Gasteiger partial charge in [-0.2, -0.15) is 0 Å². The summed E-state index contributed by atoms with van der Waals surface area (Å²) in [6.07, 6.45) is 6.35. The Labute approximate surface area is 79.8 Å². The summed E-state index contributed by atoms with van der Waals surface area (Å²) in [4.78, 5) is 10.2. The summed E-state index contributed by atoms with van der Waals surface area (Å²) >= 11 is 0. The van der Waals surface area contributed by atoms with Crippen LogP contribution in [0, 0.1) is 0 Å². The zero-order chi connectivity index (χ0) is 10.1. The number of rotatable bonds is 7. The van der Waals surface area contributed by atoms with E-state index in [9.17, 15) is 4.79 Å². The van der Waals surface area contributed by atoms with Crippen LogP contribution in [0.25, 0.3) is 0 Å². The van der Waals surface area contributed by atoms with Crippen LogP contribution in [0.5, 0.6) is 0 Å². The van der Waals surface area contributed by atoms with Gasteiger partial charge in [-0.1, -0.05) is 18.9 Å². The third kappa shape index (κ3) is 8.92. The lowest BCUT2D eigenvalue weighted by atomic mass is 10.1. The molecule has 0 saturated carbocycles. The van der Waals surface area contributed by atoms with Gasteiger partial charge in [0.2, 0.25) is 0 Å². The molecular formula is C10H19NO2. The highest BCUT2D eigenvalue weighted by Crippen LogP contribution is 2.05. The monoisotopic (exact) mass is 185 g/mol. The molecule has 13 heavy (non-hydrogen) atoms. The Morgan fingerprint density at radius 3 is 2.77 bits per heavy atom. The molecule has 0 aromatic heterocycles. The number of nitrogens with one attached hydrogen (secondary N) is 1. The smallest absolute Gasteiger partial charge is 0.404 e. The Morgan fingerprint density at radius 2 is 2.23 bits per heavy atom. The molecule has 76 valence electrons. The Hall–Kier alpha value is -0.990. The van der Waals surface area contributed by atoms with Crippen molar-refractivity contribution in [2.24, 2.45) is 0 Å². The van der Waals surface area contributed by atoms with E-state index in [4.69, 9.17) is 5.11 Å². The van der Waals surface area contributed by atoms with Crippen molar-refractivity contribution in [1.29, 1.82) is 0 Å². The van der Waals surface area contributed by atoms with Gasteiger partial charge in [-0.3, -0.25) is 0 Å². The second-order valence-electron chi connectivity index (χ2n) is 3.28. The van der Waals surface area contributed by atoms with Crippen molar-refractivity contribution in [3.05, 3.63) is 12.7 Å². The van der Waals surface area contributed by atoms with Gasteiger partial charge in [0.05, 0.1) is 0 Å². The largest absolute Gasteiger partial charge is 0.465 e. The van der Waals surface area contributed by atoms with Gasteiger partial charge >= 0.3 is 6.09 Å². The lowest BCUT2D eigenvalue weighted by Gasteiger charge is -2.10. The fourth-order valence-corrected chi connectivity index (χ4v) is 1.20. The predicted octanol–water partition coefficient (Wildman–Crippen LogP) is 2.78. The first kappa shape index (κ1) is 12.0. The minimum atomic E-state index is -0.932. The molecule has 0 heterocycles. The molecule has 0 aliphatic heterocycles. The van der Waals surface area contributed by atoms with Crippen molar-refractivity contribution < 1.29 is 9.90 Å². The zero-order valence-electron chi connectivity index (χ0n) is 8.25. The molecule has 0 saturated heterocycles. The first-order valence-corrected chi connectivity index (χ1v) is 4.77. The van der Waals surface area contributed by atoms with Crippen LogP contribution in [0.15, 0.2) is 12.7 Å². The Bertz CT molecular complexity index is 157. The molecule has 1 amide bonds. The number of carboxylic acid groups (broad SMARTS) is 1. The molecule has 2 N–H and O–H groups in total. The zero-order valence-corrected chi connectivity index (χ0v) is 8.25. The van der Waals surface area contributed by atoms with Crippen LogP contribution in [-0.4, -0.2) is 17.2 Å². The van der Waals surface area contributed by atoms with Crippen LogP contribution in [0.1, 0.15) is 39.0 Å². The maximum absolute atomic E-state index is 10.2. The lowest BCUT2D eigenvalue weighted by molar-refractivity contribution is 0.190. The summed E-state index contributed by atoms with van der Waals surface area (Å²) in [5, 5.41) is 10.8. The highest BCUT2D eigenvalue weighted by Gasteiger charge is 2.03. The quantitative estimate of drug-likeness (QED) is 0.473. The van der Waals surface area contributed by atoms with E-state index in [2.05, 4.69) is 11.9 Å². The van der Waals surface area contributed by atoms with Crippen LogP contribution in [-0.2, 0) is 0 Å². The van der Waals surface area contributed by atoms with Crippen LogP contribution >= 0.6 is 0 Å². The minimum absolute atomic E-state index is 0.0706. The fraction of sp³-hybridized carbons (Fsp3) is 0.700. The average Bonchev–Trinajstić information content (AvgIpc) is 2.02. The highest BCUT2D eigenvalue weighted by atomic mass is 16.4. The van der Waals surface area contributed by atoms with Crippen molar-refractivity contribution in [2.45, 2.75) is 45.1 Å². The minimum Gasteiger partial charge on any atom is -0.465 e. The Kier molecular flexibility index (Phi) is 7.07. The average molecular weight is 185 g/mol. The van der Waals surface area contributed by atoms with E-state index in [1.807, 2.05) is 13.0 Å². The summed E-state index contributed by atoms with van der Waals surface area (Å²) in [6.45, 7) is 5.53. The van der Waals surface area contributed by atoms with Gasteiger partial charge in [-0.15, -0.1) is 6.58 Å². The lowest BCUT2D eigenvalue weighted by Crippen LogP contribution is -2.30. The SMILES string of the molecule is C=CCCCCCC(C)NC(=O)O. The number of hydrogen-bond donors (Lipinski definition) is 2. The predicted molar refractivity (Wildman–Crippen MR) is 53.9 cm³/mol. The molecule has 1 unspecified atom stereocenters. The first-order valence-electron chi connectivity index (χ1n) is 4.77. The van der Waals surface area contributed by atoms with E-state index >= 15 is 0 Å². The number of hydrogen-bond acceptors (Lipinski definition) is 1. The van der Waals surface area contributed by atoms with Crippen LogP contribution in [0.4, 0.5) is 4.79 Å². The molecule has 0 bridgehead atoms. The third-order valence-corrected chi connectivity index (χ3v) is 1.92. The topological polar surface area (TPSA) is 49.3 Å². The number of carbonyl (C=O) groups is 1. The van der Waals surface area contributed by atoms with E-state index in [0.29, 0.717) is 0 Å². The van der Waals surface area contributed by atoms with Crippen molar-refractivity contribution in [3.63, 3.8) is 0 Å². The van der Waals surface area contributed by atoms with Crippen LogP contribution in [0.3, 0.4) is 0 Å². The highest BCUT2D eigenvalue weighted by molar-refractivity contribution is 5.64. The second kappa shape index (κ2) is 7.65. The Balaban J connectivity index is 3.21. The van der Waals surface area contributed by atoms with Gasteiger partial charge in [0.15, 0.2) is 0 Å². The van der Waals surface area contributed by atoms with Crippen molar-refractivity contribution >= 4 is 6.09 Å². The van der Waals surface area contributed by atoms with Crippen molar-refractivity contribution in [3.8, 4) is 0 Å². The fourth-order valence-electron chi connectivity index (χ4n) is 1.20. The maximum Gasteiger partial charge on any atom is 0.404 e. The van der Waals surface area contributed by atoms with E-state index < -0.39 is 6.09 Å². The molecule has 0 rings (SSSR count). The molecule has 0 aromatic carbocycles. The maximum atomic E-state index is 10.2. The van der Waals surface area contributed by atoms with Crippen LogP contribution in [0.2, 0.25) is 0 Å². The molecule has 3 nitrogen and oxygen atoms in total. The van der Waals surface area contributed by atoms with Gasteiger partial charge < -0.3 is 10.4 Å². The molecule has 1 atom stereocenters. The first-order chi connectivity index (χ1) is 6.16. The molecule has 0 aliphatic rings. The summed E-state index contributed by atoms with van der Waals surface area (Å²) < 4.78 is 0. The number of amides is 1. The Morgan fingerprint density at radius 1 is 1.54 bits per heavy atom. The molecule has 0 fully saturated rings. The summed E-state index contributed by atoms with van der Waals surface area (Å²) in [5.41, 5.74) is 0. The van der Waals surface area contributed by atoms with Crippen molar-refractivity contribution in [2.75, 3.05) is 0 Å². The summed E-state index contributed by atoms with van der Waals surface area (Å²) in [5.74, 6) is 0. The molecule has 0 aliphatic carbocycles. The molecule has 0 aromatic rings. The van der Waals surface area contributed by atoms with Gasteiger partial charge in [0.25, 0.3) is 0 Å². The van der Waals surface area contributed by atoms with Gasteiger partial charge in [-0.05, 0) is 26.2 Å². The molecule has 0 radical (unpaired) electrons. The van der Waals surface area contributed by atoms with E-state index in [1.165, 1.54) is 0 Å². The van der Waals surface area contributed by atoms with E-state index in [0.717, 1.165) is 32.1 Å². The second-order valence-corrected chi connectivity index (χ2v) is 3.28. The van der Waals surface area contributed by atoms with Gasteiger partial charge in [0, 0.05) is 6.04 Å². The molecule has 3 heteroatoms. The summed E-state index contributed by atoms with van der Waals surface area (Å²) in [6, 6.07) is 0.0706. The number of allylic oxidation sites excluding steroid dienone is 1. The number of unbranched alkanes of at least 4 members (excludes halogenated alkanes) is 3. The standard InChI is InChI=1S/C10H19NO2/c1-3-4-5-6-7-8-9(2)11-10(12)13/h3,9,11H,1,4-8H2,2H3,(H,12,13). The van der Waals surface area contributed by atoms with Crippen LogP contribution < -0.4 is 5.32 Å². The van der Waals surface area contributed by atoms with Gasteiger partial charge in [0.1, 0.15) is 0 Å². The van der Waals surface area contributed by atoms with E-state index in [1.54, 1.807) is 0 Å². The van der Waals surface area contributed by atoms with Crippen molar-refractivity contribution in [1.82, 2.24) is 5.32 Å². The molecule has 0 spiro atoms. The summed E-state index contributed by atoms with van der Waals surface area (Å²) in [7, 11) is 0. The van der Waals surface area contributed by atoms with Gasteiger partial charge in [-0.25, -0.2) is 4.79 Å². The third-order valence-electron chi connectivity index (χ3n) is 1.92. The normalized spacial score (nSPS) is 12.1.